The molecule has 0 aliphatic carbocycles. The third kappa shape index (κ3) is 7.49. The summed E-state index contributed by atoms with van der Waals surface area (Å²) in [7, 11) is 9.87. The van der Waals surface area contributed by atoms with E-state index in [0.717, 1.165) is 0 Å². The van der Waals surface area contributed by atoms with Crippen molar-refractivity contribution >= 4 is 60.1 Å². The molecule has 0 heterocycles. The molecule has 0 aliphatic rings. The molecule has 8 rings (SSSR count). The van der Waals surface area contributed by atoms with E-state index in [-0.39, 0.29) is 0 Å². The molecule has 236 valence electrons. The average molecular weight is 730 g/mol. The van der Waals surface area contributed by atoms with Gasteiger partial charge in [-0.1, -0.05) is 136 Å². The van der Waals surface area contributed by atoms with Crippen LogP contribution in [0.2, 0.25) is 0 Å². The summed E-state index contributed by atoms with van der Waals surface area (Å²) in [5.74, 6) is 0. The summed E-state index contributed by atoms with van der Waals surface area (Å²) in [5.41, 5.74) is 10.7. The van der Waals surface area contributed by atoms with Gasteiger partial charge in [-0.25, -0.2) is 0 Å². The fraction of sp³-hybridized carbons (Fsp3) is 0.114. The van der Waals surface area contributed by atoms with Crippen molar-refractivity contribution in [3.63, 3.8) is 0 Å². The van der Waals surface area contributed by atoms with E-state index in [1.54, 1.807) is 6.92 Å². The first kappa shape index (κ1) is 34.8. The summed E-state index contributed by atoms with van der Waals surface area (Å²) in [6, 6.07) is 48.5. The molecule has 0 fully saturated rings. The minimum atomic E-state index is -0.826. The van der Waals surface area contributed by atoms with Gasteiger partial charge < -0.3 is 6.92 Å². The van der Waals surface area contributed by atoms with E-state index in [9.17, 15) is 0 Å². The third-order valence-electron chi connectivity index (χ3n) is 8.66. The molecule has 0 atom stereocenters. The summed E-state index contributed by atoms with van der Waals surface area (Å²) in [4.78, 5) is 0. The van der Waals surface area contributed by atoms with Gasteiger partial charge in [-0.15, -0.1) is 68.1 Å². The number of hydrogen-bond acceptors (Lipinski definition) is 0. The molecule has 0 radical (unpaired) electrons. The van der Waals surface area contributed by atoms with E-state index in [1.165, 1.54) is 87.6 Å². The second-order valence-electron chi connectivity index (χ2n) is 11.7. The molecule has 8 aromatic rings. The van der Waals surface area contributed by atoms with Gasteiger partial charge in [0.1, 0.15) is 0 Å². The van der Waals surface area contributed by atoms with E-state index in [1.807, 2.05) is 0 Å². The van der Waals surface area contributed by atoms with Crippen LogP contribution in [0.5, 0.6) is 0 Å². The Hall–Kier alpha value is -3.48. The number of aryl methyl sites for hydroxylation is 4. The van der Waals surface area contributed by atoms with E-state index < -0.39 is 20.8 Å². The average Bonchev–Trinajstić information content (AvgIpc) is 3.70. The summed E-state index contributed by atoms with van der Waals surface area (Å²) in [5, 5.41) is 10.7. The molecular weight excluding hydrogens is 691 g/mol. The summed E-state index contributed by atoms with van der Waals surface area (Å²) >= 11 is -0.826. The zero-order chi connectivity index (χ0) is 33.5. The molecule has 3 heteroatoms. The topological polar surface area (TPSA) is 0 Å². The quantitative estimate of drug-likeness (QED) is 0.155. The third-order valence-corrected chi connectivity index (χ3v) is 8.66. The van der Waals surface area contributed by atoms with E-state index in [4.69, 9.17) is 17.0 Å². The van der Waals surface area contributed by atoms with Crippen LogP contribution in [0.25, 0.3) is 65.3 Å². The number of halogens is 2. The molecule has 47 heavy (non-hydrogen) atoms. The van der Waals surface area contributed by atoms with Gasteiger partial charge in [-0.05, 0) is 32.7 Å². The maximum absolute atomic E-state index is 4.93. The minimum absolute atomic E-state index is 0.826. The van der Waals surface area contributed by atoms with Gasteiger partial charge in [0.15, 0.2) is 0 Å². The SMILES string of the molecule is Cc1cc2c(-c3cccc4ccccc34)ccc(C)c2[cH-]1.Cc1cc2c(-c3cccc4ccccc34)ccc(C)c2[cH-]1.[CH2-]C.[Cl][Zr][Cl]. The number of rotatable bonds is 2. The van der Waals surface area contributed by atoms with E-state index in [2.05, 4.69) is 168 Å². The maximum atomic E-state index is 4.93. The van der Waals surface area contributed by atoms with Crippen molar-refractivity contribution in [2.75, 3.05) is 0 Å². The number of fused-ring (bicyclic) bond motifs is 4. The summed E-state index contributed by atoms with van der Waals surface area (Å²) in [6.07, 6.45) is 0. The van der Waals surface area contributed by atoms with E-state index >= 15 is 0 Å². The van der Waals surface area contributed by atoms with Gasteiger partial charge in [0.05, 0.1) is 0 Å². The molecule has 0 saturated heterocycles. The van der Waals surface area contributed by atoms with Gasteiger partial charge in [0.25, 0.3) is 0 Å². The Morgan fingerprint density at radius 2 is 0.787 bits per heavy atom. The number of hydrogen-bond donors (Lipinski definition) is 0. The van der Waals surface area contributed by atoms with Gasteiger partial charge in [-0.2, -0.15) is 19.1 Å². The fourth-order valence-electron chi connectivity index (χ4n) is 6.57. The van der Waals surface area contributed by atoms with Crippen LogP contribution in [-0.4, -0.2) is 0 Å². The van der Waals surface area contributed by atoms with Crippen molar-refractivity contribution in [2.45, 2.75) is 34.6 Å². The molecule has 8 aromatic carbocycles. The summed E-state index contributed by atoms with van der Waals surface area (Å²) < 4.78 is 0. The van der Waals surface area contributed by atoms with Crippen molar-refractivity contribution < 1.29 is 20.8 Å². The Balaban J connectivity index is 0.000000163. The van der Waals surface area contributed by atoms with Crippen LogP contribution >= 0.6 is 17.0 Å². The van der Waals surface area contributed by atoms with Crippen LogP contribution in [0.4, 0.5) is 0 Å². The van der Waals surface area contributed by atoms with Crippen LogP contribution < -0.4 is 0 Å². The molecule has 0 amide bonds. The predicted octanol–water partition coefficient (Wildman–Crippen LogP) is 14.2. The van der Waals surface area contributed by atoms with Crippen LogP contribution in [0.1, 0.15) is 29.2 Å². The predicted molar refractivity (Wildman–Crippen MR) is 207 cm³/mol. The molecule has 0 aromatic heterocycles. The molecular formula is C44H39Cl2Zr-3. The van der Waals surface area contributed by atoms with Gasteiger partial charge in [0, 0.05) is 0 Å². The molecule has 0 nitrogen and oxygen atoms in total. The first-order valence-corrected chi connectivity index (χ1v) is 22.2. The monoisotopic (exact) mass is 727 g/mol. The summed E-state index contributed by atoms with van der Waals surface area (Å²) in [6.45, 7) is 13.7. The first-order chi connectivity index (χ1) is 22.9. The van der Waals surface area contributed by atoms with Crippen LogP contribution in [0.15, 0.2) is 133 Å². The fourth-order valence-corrected chi connectivity index (χ4v) is 6.57. The zero-order valence-electron chi connectivity index (χ0n) is 27.7. The van der Waals surface area contributed by atoms with Gasteiger partial charge in [-0.3, -0.25) is 0 Å². The van der Waals surface area contributed by atoms with Crippen molar-refractivity contribution in [1.29, 1.82) is 0 Å². The first-order valence-electron chi connectivity index (χ1n) is 15.9. The Kier molecular flexibility index (Phi) is 11.9. The molecule has 0 bridgehead atoms. The Labute approximate surface area is 298 Å². The Bertz CT molecular complexity index is 2100. The Morgan fingerprint density at radius 3 is 1.19 bits per heavy atom. The van der Waals surface area contributed by atoms with Crippen LogP contribution in [-0.2, 0) is 20.8 Å². The van der Waals surface area contributed by atoms with Crippen molar-refractivity contribution in [2.24, 2.45) is 0 Å². The van der Waals surface area contributed by atoms with Crippen molar-refractivity contribution in [3.8, 4) is 22.3 Å². The second kappa shape index (κ2) is 16.1. The molecule has 0 unspecified atom stereocenters. The Morgan fingerprint density at radius 1 is 0.447 bits per heavy atom. The molecule has 0 spiro atoms. The van der Waals surface area contributed by atoms with Crippen LogP contribution in [0.3, 0.4) is 0 Å². The van der Waals surface area contributed by atoms with Crippen molar-refractivity contribution in [1.82, 2.24) is 0 Å². The molecule has 0 N–H and O–H groups in total. The second-order valence-corrected chi connectivity index (χ2v) is 15.4. The van der Waals surface area contributed by atoms with E-state index in [0.29, 0.717) is 0 Å². The normalized spacial score (nSPS) is 10.6. The van der Waals surface area contributed by atoms with Gasteiger partial charge in [0.2, 0.25) is 0 Å². The van der Waals surface area contributed by atoms with Gasteiger partial charge >= 0.3 is 37.9 Å². The standard InChI is InChI=1S/2C21H17.C2H5.2ClH.Zr/c2*1-14-12-20-15(2)10-11-19(21(20)13-14)18-9-5-7-16-6-3-4-8-17(16)18;1-2;;;/h2*3-13H,1-2H3;1H2,2H3;2*1H;/q3*-1;;;+2/p-2. The molecule has 0 aliphatic heterocycles. The van der Waals surface area contributed by atoms with Crippen LogP contribution in [0, 0.1) is 34.6 Å². The van der Waals surface area contributed by atoms with Crippen molar-refractivity contribution in [3.05, 3.63) is 163 Å². The zero-order valence-corrected chi connectivity index (χ0v) is 31.6. The number of benzene rings is 6. The molecule has 0 saturated carbocycles.